The minimum absolute atomic E-state index is 0.0516. The highest BCUT2D eigenvalue weighted by atomic mass is 16.5. The van der Waals surface area contributed by atoms with Gasteiger partial charge in [0.1, 0.15) is 6.61 Å². The first-order valence-corrected chi connectivity index (χ1v) is 5.33. The summed E-state index contributed by atoms with van der Waals surface area (Å²) in [5.74, 6) is 0.224. The van der Waals surface area contributed by atoms with Gasteiger partial charge < -0.3 is 4.74 Å². The second-order valence-corrected chi connectivity index (χ2v) is 5.22. The summed E-state index contributed by atoms with van der Waals surface area (Å²) in [5, 5.41) is 0. The second kappa shape index (κ2) is 2.43. The lowest BCUT2D eigenvalue weighted by Gasteiger charge is -2.35. The molecule has 0 aromatic heterocycles. The molecule has 0 radical (unpaired) electrons. The fraction of sp³-hybridized carbons (Fsp3) is 0.462. The maximum atomic E-state index is 11.6. The fourth-order valence-electron chi connectivity index (χ4n) is 3.17. The van der Waals surface area contributed by atoms with Crippen LogP contribution >= 0.6 is 0 Å². The summed E-state index contributed by atoms with van der Waals surface area (Å²) in [6.45, 7) is 4.87. The van der Waals surface area contributed by atoms with Crippen molar-refractivity contribution in [2.45, 2.75) is 13.8 Å². The van der Waals surface area contributed by atoms with Crippen molar-refractivity contribution in [1.29, 1.82) is 0 Å². The Bertz CT molecular complexity index is 426. The Balaban J connectivity index is 2.20. The van der Waals surface area contributed by atoms with Crippen LogP contribution < -0.4 is 0 Å². The van der Waals surface area contributed by atoms with Crippen LogP contribution in [0.5, 0.6) is 0 Å². The number of hydrogen-bond donors (Lipinski definition) is 0. The highest BCUT2D eigenvalue weighted by Crippen LogP contribution is 2.58. The standard InChI is InChI=1S/C13H14O2/c1-12(2)7-9-11(14)15-8-13(9)6-4-3-5-10(12)13/h3-7,10H,8H2,1-2H3/t10-,13-/m1/s1. The van der Waals surface area contributed by atoms with E-state index in [9.17, 15) is 4.79 Å². The van der Waals surface area contributed by atoms with Crippen LogP contribution in [0, 0.1) is 16.7 Å². The molecule has 1 spiro atoms. The molecule has 1 fully saturated rings. The van der Waals surface area contributed by atoms with Crippen molar-refractivity contribution in [3.8, 4) is 0 Å². The number of carbonyl (C=O) groups is 1. The van der Waals surface area contributed by atoms with Gasteiger partial charge in [-0.3, -0.25) is 0 Å². The Morgan fingerprint density at radius 2 is 2.20 bits per heavy atom. The molecule has 0 aromatic rings. The quantitative estimate of drug-likeness (QED) is 0.563. The van der Waals surface area contributed by atoms with Crippen molar-refractivity contribution in [1.82, 2.24) is 0 Å². The van der Waals surface area contributed by atoms with E-state index in [4.69, 9.17) is 4.74 Å². The molecule has 0 amide bonds. The first-order chi connectivity index (χ1) is 7.06. The van der Waals surface area contributed by atoms with E-state index in [-0.39, 0.29) is 16.8 Å². The van der Waals surface area contributed by atoms with Gasteiger partial charge in [-0.25, -0.2) is 4.79 Å². The number of ether oxygens (including phenoxy) is 1. The Labute approximate surface area is 89.3 Å². The van der Waals surface area contributed by atoms with Crippen LogP contribution in [-0.4, -0.2) is 12.6 Å². The predicted molar refractivity (Wildman–Crippen MR) is 57.0 cm³/mol. The zero-order valence-corrected chi connectivity index (χ0v) is 8.99. The summed E-state index contributed by atoms with van der Waals surface area (Å²) in [4.78, 5) is 11.6. The molecule has 1 saturated heterocycles. The molecule has 0 bridgehead atoms. The molecule has 2 atom stereocenters. The number of allylic oxidation sites excluding steroid dienone is 4. The summed E-state index contributed by atoms with van der Waals surface area (Å²) >= 11 is 0. The van der Waals surface area contributed by atoms with Gasteiger partial charge in [-0.15, -0.1) is 0 Å². The number of carbonyl (C=O) groups excluding carboxylic acids is 1. The van der Waals surface area contributed by atoms with Crippen LogP contribution in [0.2, 0.25) is 0 Å². The molecule has 0 unspecified atom stereocenters. The lowest BCUT2D eigenvalue weighted by Crippen LogP contribution is -2.33. The summed E-state index contributed by atoms with van der Waals surface area (Å²) in [5.41, 5.74) is 0.740. The van der Waals surface area contributed by atoms with Gasteiger partial charge in [0.25, 0.3) is 0 Å². The summed E-state index contributed by atoms with van der Waals surface area (Å²) in [6.07, 6.45) is 10.5. The molecule has 0 N–H and O–H groups in total. The number of cyclic esters (lactones) is 1. The van der Waals surface area contributed by atoms with E-state index in [1.54, 1.807) is 0 Å². The summed E-state index contributed by atoms with van der Waals surface area (Å²) in [6, 6.07) is 0. The maximum absolute atomic E-state index is 11.6. The van der Waals surface area contributed by atoms with Crippen molar-refractivity contribution in [2.24, 2.45) is 16.7 Å². The van der Waals surface area contributed by atoms with Crippen molar-refractivity contribution in [2.75, 3.05) is 6.61 Å². The zero-order chi connectivity index (χ0) is 10.7. The minimum Gasteiger partial charge on any atom is -0.461 e. The third kappa shape index (κ3) is 0.921. The Morgan fingerprint density at radius 3 is 3.00 bits per heavy atom. The van der Waals surface area contributed by atoms with Gasteiger partial charge in [0.15, 0.2) is 0 Å². The normalized spacial score (nSPS) is 39.7. The molecule has 0 aromatic carbocycles. The van der Waals surface area contributed by atoms with E-state index in [0.29, 0.717) is 12.5 Å². The largest absolute Gasteiger partial charge is 0.461 e. The minimum atomic E-state index is -0.171. The van der Waals surface area contributed by atoms with E-state index in [0.717, 1.165) is 5.57 Å². The molecule has 2 aliphatic carbocycles. The van der Waals surface area contributed by atoms with E-state index < -0.39 is 0 Å². The highest BCUT2D eigenvalue weighted by molar-refractivity contribution is 5.94. The Hall–Kier alpha value is -1.31. The average molecular weight is 202 g/mol. The molecule has 3 aliphatic rings. The predicted octanol–water partition coefficient (Wildman–Crippen LogP) is 2.24. The van der Waals surface area contributed by atoms with Gasteiger partial charge >= 0.3 is 5.97 Å². The fourth-order valence-corrected chi connectivity index (χ4v) is 3.17. The third-order valence-corrected chi connectivity index (χ3v) is 3.84. The molecular formula is C13H14O2. The molecule has 2 heteroatoms. The topological polar surface area (TPSA) is 26.3 Å². The van der Waals surface area contributed by atoms with E-state index in [1.165, 1.54) is 0 Å². The highest BCUT2D eigenvalue weighted by Gasteiger charge is 2.58. The molecule has 15 heavy (non-hydrogen) atoms. The number of rotatable bonds is 0. The average Bonchev–Trinajstić information content (AvgIpc) is 2.60. The van der Waals surface area contributed by atoms with Crippen molar-refractivity contribution >= 4 is 5.97 Å². The van der Waals surface area contributed by atoms with Gasteiger partial charge in [-0.2, -0.15) is 0 Å². The third-order valence-electron chi connectivity index (χ3n) is 3.84. The molecule has 1 aliphatic heterocycles. The summed E-state index contributed by atoms with van der Waals surface area (Å²) in [7, 11) is 0. The molecule has 78 valence electrons. The first kappa shape index (κ1) is 8.96. The number of esters is 1. The Morgan fingerprint density at radius 1 is 1.40 bits per heavy atom. The van der Waals surface area contributed by atoms with Gasteiger partial charge in [-0.05, 0) is 5.41 Å². The zero-order valence-electron chi connectivity index (χ0n) is 8.99. The SMILES string of the molecule is CC1(C)C=C2C(=O)OC[C@]23C=CC=C[C@H]13. The number of hydrogen-bond acceptors (Lipinski definition) is 2. The monoisotopic (exact) mass is 202 g/mol. The maximum Gasteiger partial charge on any atom is 0.334 e. The molecule has 3 rings (SSSR count). The first-order valence-electron chi connectivity index (χ1n) is 5.33. The molecule has 0 saturated carbocycles. The van der Waals surface area contributed by atoms with Crippen LogP contribution in [0.4, 0.5) is 0 Å². The smallest absolute Gasteiger partial charge is 0.334 e. The second-order valence-electron chi connectivity index (χ2n) is 5.22. The van der Waals surface area contributed by atoms with Gasteiger partial charge in [0.2, 0.25) is 0 Å². The van der Waals surface area contributed by atoms with Crippen LogP contribution in [-0.2, 0) is 9.53 Å². The molecular weight excluding hydrogens is 188 g/mol. The summed E-state index contributed by atoms with van der Waals surface area (Å²) < 4.78 is 5.18. The van der Waals surface area contributed by atoms with E-state index in [2.05, 4.69) is 38.2 Å². The molecule has 1 heterocycles. The van der Waals surface area contributed by atoms with Crippen molar-refractivity contribution in [3.05, 3.63) is 36.0 Å². The van der Waals surface area contributed by atoms with Crippen LogP contribution in [0.25, 0.3) is 0 Å². The van der Waals surface area contributed by atoms with Gasteiger partial charge in [-0.1, -0.05) is 44.2 Å². The van der Waals surface area contributed by atoms with Crippen LogP contribution in [0.15, 0.2) is 36.0 Å². The van der Waals surface area contributed by atoms with Gasteiger partial charge in [0, 0.05) is 11.5 Å². The lowest BCUT2D eigenvalue weighted by atomic mass is 9.66. The van der Waals surface area contributed by atoms with Crippen LogP contribution in [0.3, 0.4) is 0 Å². The van der Waals surface area contributed by atoms with E-state index in [1.807, 2.05) is 6.08 Å². The van der Waals surface area contributed by atoms with E-state index >= 15 is 0 Å². The van der Waals surface area contributed by atoms with Crippen molar-refractivity contribution < 1.29 is 9.53 Å². The Kier molecular flexibility index (Phi) is 1.45. The van der Waals surface area contributed by atoms with Gasteiger partial charge in [0.05, 0.1) is 5.41 Å². The van der Waals surface area contributed by atoms with Crippen LogP contribution in [0.1, 0.15) is 13.8 Å². The molecule has 2 nitrogen and oxygen atoms in total. The van der Waals surface area contributed by atoms with Crippen molar-refractivity contribution in [3.63, 3.8) is 0 Å². The lowest BCUT2D eigenvalue weighted by molar-refractivity contribution is -0.135.